The molecule has 0 unspecified atom stereocenters. The Balaban J connectivity index is 2.37. The molecule has 0 radical (unpaired) electrons. The topological polar surface area (TPSA) is 55.7 Å². The molecule has 0 aliphatic heterocycles. The highest BCUT2D eigenvalue weighted by atomic mass is 32.1. The molecule has 0 aliphatic carbocycles. The zero-order chi connectivity index (χ0) is 10.7. The highest BCUT2D eigenvalue weighted by molar-refractivity contribution is 7.13. The maximum Gasteiger partial charge on any atom is 0.254 e. The average Bonchev–Trinajstić information content (AvgIpc) is 2.78. The van der Waals surface area contributed by atoms with Gasteiger partial charge in [0.2, 0.25) is 0 Å². The van der Waals surface area contributed by atoms with E-state index >= 15 is 0 Å². The van der Waals surface area contributed by atoms with E-state index < -0.39 is 5.78 Å². The second-order valence-electron chi connectivity index (χ2n) is 2.60. The van der Waals surface area contributed by atoms with Crippen LogP contribution in [0.3, 0.4) is 0 Å². The summed E-state index contributed by atoms with van der Waals surface area (Å²) in [6.07, 6.45) is 9.72. The van der Waals surface area contributed by atoms with Gasteiger partial charge < -0.3 is 0 Å². The van der Waals surface area contributed by atoms with Gasteiger partial charge in [-0.15, -0.1) is 17.8 Å². The molecule has 0 bridgehead atoms. The fraction of sp³-hybridized carbons (Fsp3) is 0. The summed E-state index contributed by atoms with van der Waals surface area (Å²) in [6.45, 7) is 0. The molecule has 2 heterocycles. The van der Waals surface area contributed by atoms with Crippen molar-refractivity contribution in [3.8, 4) is 23.0 Å². The summed E-state index contributed by atoms with van der Waals surface area (Å²) >= 11 is 1.32. The van der Waals surface area contributed by atoms with Crippen molar-refractivity contribution in [3.63, 3.8) is 0 Å². The first kappa shape index (κ1) is 9.49. The first-order valence-corrected chi connectivity index (χ1v) is 4.92. The number of ketones is 1. The molecule has 0 aliphatic rings. The summed E-state index contributed by atoms with van der Waals surface area (Å²) in [5, 5.41) is 2.26. The highest BCUT2D eigenvalue weighted by Gasteiger charge is 2.09. The van der Waals surface area contributed by atoms with E-state index in [2.05, 4.69) is 15.0 Å². The van der Waals surface area contributed by atoms with E-state index in [0.29, 0.717) is 10.7 Å². The summed E-state index contributed by atoms with van der Waals surface area (Å²) in [5.41, 5.74) is 0.918. The van der Waals surface area contributed by atoms with Gasteiger partial charge >= 0.3 is 0 Å². The van der Waals surface area contributed by atoms with Gasteiger partial charge in [0.15, 0.2) is 0 Å². The van der Waals surface area contributed by atoms with Crippen LogP contribution in [0.25, 0.3) is 10.7 Å². The number of hydrogen-bond donors (Lipinski definition) is 0. The number of rotatable bonds is 2. The first-order chi connectivity index (χ1) is 7.31. The van der Waals surface area contributed by atoms with Gasteiger partial charge in [-0.3, -0.25) is 14.8 Å². The molecular weight excluding hydrogens is 210 g/mol. The van der Waals surface area contributed by atoms with Crippen LogP contribution in [0, 0.1) is 12.3 Å². The van der Waals surface area contributed by atoms with Crippen LogP contribution in [0.1, 0.15) is 10.5 Å². The summed E-state index contributed by atoms with van der Waals surface area (Å²) in [4.78, 5) is 23.2. The summed E-state index contributed by atoms with van der Waals surface area (Å²) < 4.78 is 0. The van der Waals surface area contributed by atoms with E-state index in [4.69, 9.17) is 6.42 Å². The van der Waals surface area contributed by atoms with E-state index in [1.54, 1.807) is 24.0 Å². The van der Waals surface area contributed by atoms with Crippen molar-refractivity contribution < 1.29 is 4.79 Å². The molecule has 2 aromatic rings. The lowest BCUT2D eigenvalue weighted by atomic mass is 10.3. The van der Waals surface area contributed by atoms with Crippen LogP contribution >= 0.6 is 11.3 Å². The number of terminal acetylenes is 1. The summed E-state index contributed by atoms with van der Waals surface area (Å²) in [5.74, 6) is 1.60. The molecule has 0 aromatic carbocycles. The van der Waals surface area contributed by atoms with Gasteiger partial charge in [-0.2, -0.15) is 0 Å². The molecule has 0 amide bonds. The fourth-order valence-electron chi connectivity index (χ4n) is 0.979. The van der Waals surface area contributed by atoms with Crippen molar-refractivity contribution >= 4 is 17.1 Å². The van der Waals surface area contributed by atoms with Crippen molar-refractivity contribution in [2.75, 3.05) is 0 Å². The van der Waals surface area contributed by atoms with Gasteiger partial charge in [-0.25, -0.2) is 4.98 Å². The Kier molecular flexibility index (Phi) is 2.52. The molecule has 2 rings (SSSR count). The molecule has 0 N–H and O–H groups in total. The quantitative estimate of drug-likeness (QED) is 0.432. The fourth-order valence-corrected chi connectivity index (χ4v) is 1.74. The van der Waals surface area contributed by atoms with Gasteiger partial charge in [0.05, 0.1) is 6.20 Å². The Morgan fingerprint density at radius 2 is 2.33 bits per heavy atom. The third kappa shape index (κ3) is 1.90. The Morgan fingerprint density at radius 3 is 3.00 bits per heavy atom. The number of nitrogens with zero attached hydrogens (tertiary/aromatic N) is 3. The van der Waals surface area contributed by atoms with Crippen LogP contribution in [0.4, 0.5) is 0 Å². The van der Waals surface area contributed by atoms with E-state index in [9.17, 15) is 4.79 Å². The third-order valence-corrected chi connectivity index (χ3v) is 2.52. The molecule has 4 nitrogen and oxygen atoms in total. The normalized spacial score (nSPS) is 9.53. The average molecular weight is 215 g/mol. The minimum absolute atomic E-state index is 0.281. The summed E-state index contributed by atoms with van der Waals surface area (Å²) in [6, 6.07) is 0. The Labute approximate surface area is 90.0 Å². The van der Waals surface area contributed by atoms with Crippen LogP contribution in [-0.2, 0) is 0 Å². The number of carbonyl (C=O) groups is 1. The van der Waals surface area contributed by atoms with Gasteiger partial charge in [0, 0.05) is 17.8 Å². The van der Waals surface area contributed by atoms with Crippen LogP contribution < -0.4 is 0 Å². The van der Waals surface area contributed by atoms with Gasteiger partial charge in [0.1, 0.15) is 16.4 Å². The van der Waals surface area contributed by atoms with Crippen LogP contribution in [0.2, 0.25) is 0 Å². The smallest absolute Gasteiger partial charge is 0.254 e. The standard InChI is InChI=1S/C10H5N3OS/c1-2-9(14)8-6-15-10(13-8)7-5-11-3-4-12-7/h1,3-6H. The van der Waals surface area contributed by atoms with Crippen LogP contribution in [0.15, 0.2) is 24.0 Å². The van der Waals surface area contributed by atoms with E-state index in [1.807, 2.05) is 5.92 Å². The maximum absolute atomic E-state index is 11.1. The van der Waals surface area contributed by atoms with Crippen LogP contribution in [-0.4, -0.2) is 20.7 Å². The van der Waals surface area contributed by atoms with Crippen molar-refractivity contribution in [2.45, 2.75) is 0 Å². The largest absolute Gasteiger partial charge is 0.277 e. The summed E-state index contributed by atoms with van der Waals surface area (Å²) in [7, 11) is 0. The van der Waals surface area contributed by atoms with Gasteiger partial charge in [-0.1, -0.05) is 0 Å². The zero-order valence-electron chi connectivity index (χ0n) is 7.54. The molecule has 5 heteroatoms. The van der Waals surface area contributed by atoms with E-state index in [0.717, 1.165) is 0 Å². The minimum atomic E-state index is -0.415. The molecule has 0 saturated heterocycles. The van der Waals surface area contributed by atoms with Crippen molar-refractivity contribution in [1.29, 1.82) is 0 Å². The van der Waals surface area contributed by atoms with Gasteiger partial charge in [0.25, 0.3) is 5.78 Å². The Bertz CT molecular complexity index is 527. The third-order valence-electron chi connectivity index (χ3n) is 1.65. The second kappa shape index (κ2) is 3.98. The first-order valence-electron chi connectivity index (χ1n) is 4.04. The second-order valence-corrected chi connectivity index (χ2v) is 3.46. The zero-order valence-corrected chi connectivity index (χ0v) is 8.36. The molecule has 0 spiro atoms. The Hall–Kier alpha value is -2.06. The molecule has 72 valence electrons. The van der Waals surface area contributed by atoms with E-state index in [1.165, 1.54) is 11.3 Å². The number of carbonyl (C=O) groups excluding carboxylic acids is 1. The van der Waals surface area contributed by atoms with Crippen molar-refractivity contribution in [3.05, 3.63) is 29.7 Å². The van der Waals surface area contributed by atoms with Crippen molar-refractivity contribution in [2.24, 2.45) is 0 Å². The molecule has 0 fully saturated rings. The predicted octanol–water partition coefficient (Wildman–Crippen LogP) is 1.42. The Morgan fingerprint density at radius 1 is 1.47 bits per heavy atom. The van der Waals surface area contributed by atoms with Crippen LogP contribution in [0.5, 0.6) is 0 Å². The van der Waals surface area contributed by atoms with E-state index in [-0.39, 0.29) is 5.69 Å². The maximum atomic E-state index is 11.1. The van der Waals surface area contributed by atoms with Gasteiger partial charge in [-0.05, 0) is 5.92 Å². The molecule has 2 aromatic heterocycles. The van der Waals surface area contributed by atoms with Crippen molar-refractivity contribution in [1.82, 2.24) is 15.0 Å². The monoisotopic (exact) mass is 215 g/mol. The SMILES string of the molecule is C#CC(=O)c1csc(-c2cnccn2)n1. The molecule has 0 saturated carbocycles. The highest BCUT2D eigenvalue weighted by Crippen LogP contribution is 2.20. The number of thiazole rings is 1. The molecule has 0 atom stereocenters. The predicted molar refractivity (Wildman–Crippen MR) is 56.3 cm³/mol. The molecular formula is C10H5N3OS. The lowest BCUT2D eigenvalue weighted by molar-refractivity contribution is 0.105. The lowest BCUT2D eigenvalue weighted by Gasteiger charge is -1.91. The number of aromatic nitrogens is 3. The molecule has 15 heavy (non-hydrogen) atoms. The number of Topliss-reactive ketones (excluding diaryl/α,β-unsaturated/α-hetero) is 1. The minimum Gasteiger partial charge on any atom is -0.277 e. The number of hydrogen-bond acceptors (Lipinski definition) is 5. The lowest BCUT2D eigenvalue weighted by Crippen LogP contribution is -1.94.